The standard InChI is InChI=1S/C18H20N8O/c19-11-18(2-4-20-12-18)14-9-16(25-5-7-27-8-6-25)23-17-13(14)10-22-26(17)15-1-3-21-24-15/h1,3,9-10,20H,2,4-8,12H2,(H,21,24). The number of hydrogen-bond acceptors (Lipinski definition) is 7. The zero-order valence-electron chi connectivity index (χ0n) is 14.9. The summed E-state index contributed by atoms with van der Waals surface area (Å²) in [6.07, 6.45) is 4.27. The summed E-state index contributed by atoms with van der Waals surface area (Å²) in [5.41, 5.74) is 1.16. The van der Waals surface area contributed by atoms with E-state index in [1.807, 2.05) is 6.07 Å². The number of rotatable bonds is 3. The molecule has 138 valence electrons. The Labute approximate surface area is 155 Å². The predicted molar refractivity (Wildman–Crippen MR) is 98.8 cm³/mol. The lowest BCUT2D eigenvalue weighted by Crippen LogP contribution is -2.37. The summed E-state index contributed by atoms with van der Waals surface area (Å²) in [7, 11) is 0. The summed E-state index contributed by atoms with van der Waals surface area (Å²) < 4.78 is 7.24. The van der Waals surface area contributed by atoms with Crippen LogP contribution in [0.2, 0.25) is 0 Å². The second-order valence-electron chi connectivity index (χ2n) is 6.98. The van der Waals surface area contributed by atoms with Crippen molar-refractivity contribution in [2.24, 2.45) is 0 Å². The summed E-state index contributed by atoms with van der Waals surface area (Å²) >= 11 is 0. The molecule has 0 saturated carbocycles. The molecule has 0 bridgehead atoms. The Morgan fingerprint density at radius 2 is 2.19 bits per heavy atom. The van der Waals surface area contributed by atoms with Crippen molar-refractivity contribution in [3.8, 4) is 11.9 Å². The molecule has 0 radical (unpaired) electrons. The van der Waals surface area contributed by atoms with Crippen LogP contribution in [0, 0.1) is 11.3 Å². The van der Waals surface area contributed by atoms with Crippen LogP contribution in [0.1, 0.15) is 12.0 Å². The average Bonchev–Trinajstić information content (AvgIpc) is 3.48. The topological polar surface area (TPSA) is 108 Å². The van der Waals surface area contributed by atoms with Gasteiger partial charge in [0.15, 0.2) is 11.5 Å². The average molecular weight is 364 g/mol. The Hall–Kier alpha value is -2.96. The lowest BCUT2D eigenvalue weighted by atomic mass is 9.80. The van der Waals surface area contributed by atoms with E-state index in [4.69, 9.17) is 9.72 Å². The van der Waals surface area contributed by atoms with E-state index in [1.165, 1.54) is 0 Å². The van der Waals surface area contributed by atoms with Gasteiger partial charge < -0.3 is 15.0 Å². The van der Waals surface area contributed by atoms with E-state index in [0.29, 0.717) is 19.8 Å². The zero-order chi connectivity index (χ0) is 18.3. The van der Waals surface area contributed by atoms with Crippen molar-refractivity contribution in [1.29, 1.82) is 5.26 Å². The van der Waals surface area contributed by atoms with Gasteiger partial charge in [0.05, 0.1) is 37.1 Å². The van der Waals surface area contributed by atoms with Crippen LogP contribution < -0.4 is 10.2 Å². The Bertz CT molecular complexity index is 990. The highest BCUT2D eigenvalue weighted by molar-refractivity contribution is 5.84. The number of hydrogen-bond donors (Lipinski definition) is 2. The first kappa shape index (κ1) is 16.2. The van der Waals surface area contributed by atoms with Crippen LogP contribution in [0.3, 0.4) is 0 Å². The minimum atomic E-state index is -0.565. The van der Waals surface area contributed by atoms with Crippen molar-refractivity contribution < 1.29 is 4.74 Å². The molecule has 9 nitrogen and oxygen atoms in total. The number of pyridine rings is 1. The van der Waals surface area contributed by atoms with Crippen LogP contribution in [0.4, 0.5) is 5.82 Å². The molecule has 0 spiro atoms. The number of nitriles is 1. The molecule has 9 heteroatoms. The van der Waals surface area contributed by atoms with E-state index in [-0.39, 0.29) is 0 Å². The number of aromatic nitrogens is 5. The second-order valence-corrected chi connectivity index (χ2v) is 6.98. The maximum atomic E-state index is 10.0. The van der Waals surface area contributed by atoms with E-state index in [0.717, 1.165) is 54.3 Å². The highest BCUT2D eigenvalue weighted by atomic mass is 16.5. The van der Waals surface area contributed by atoms with Gasteiger partial charge in [-0.3, -0.25) is 5.10 Å². The van der Waals surface area contributed by atoms with Crippen LogP contribution in [-0.2, 0) is 10.2 Å². The third kappa shape index (κ3) is 2.57. The molecule has 3 aromatic heterocycles. The molecule has 2 aliphatic rings. The quantitative estimate of drug-likeness (QED) is 0.705. The number of morpholine rings is 1. The van der Waals surface area contributed by atoms with Crippen molar-refractivity contribution >= 4 is 16.9 Å². The molecular weight excluding hydrogens is 344 g/mol. The van der Waals surface area contributed by atoms with Crippen LogP contribution in [-0.4, -0.2) is 64.4 Å². The largest absolute Gasteiger partial charge is 0.378 e. The minimum Gasteiger partial charge on any atom is -0.378 e. The van der Waals surface area contributed by atoms with E-state index in [9.17, 15) is 5.26 Å². The molecule has 2 aliphatic heterocycles. The molecule has 5 heterocycles. The van der Waals surface area contributed by atoms with Crippen LogP contribution >= 0.6 is 0 Å². The van der Waals surface area contributed by atoms with E-state index >= 15 is 0 Å². The monoisotopic (exact) mass is 364 g/mol. The Morgan fingerprint density at radius 1 is 1.30 bits per heavy atom. The van der Waals surface area contributed by atoms with Crippen LogP contribution in [0.5, 0.6) is 0 Å². The van der Waals surface area contributed by atoms with E-state index in [2.05, 4.69) is 37.6 Å². The molecule has 0 aromatic carbocycles. The number of aromatic amines is 1. The molecule has 2 fully saturated rings. The smallest absolute Gasteiger partial charge is 0.167 e. The number of nitrogens with one attached hydrogen (secondary N) is 2. The number of ether oxygens (including phenoxy) is 1. The Kier molecular flexibility index (Phi) is 3.81. The van der Waals surface area contributed by atoms with Gasteiger partial charge in [0, 0.05) is 31.1 Å². The fourth-order valence-electron chi connectivity index (χ4n) is 3.96. The van der Waals surface area contributed by atoms with Gasteiger partial charge in [0.25, 0.3) is 0 Å². The lowest BCUT2D eigenvalue weighted by Gasteiger charge is -2.29. The molecule has 1 atom stereocenters. The van der Waals surface area contributed by atoms with Crippen LogP contribution in [0.25, 0.3) is 16.9 Å². The van der Waals surface area contributed by atoms with Crippen molar-refractivity contribution in [2.75, 3.05) is 44.3 Å². The summed E-state index contributed by atoms with van der Waals surface area (Å²) in [6.45, 7) is 4.40. The van der Waals surface area contributed by atoms with Gasteiger partial charge in [-0.2, -0.15) is 20.1 Å². The fourth-order valence-corrected chi connectivity index (χ4v) is 3.96. The van der Waals surface area contributed by atoms with E-state index in [1.54, 1.807) is 17.1 Å². The fraction of sp³-hybridized carbons (Fsp3) is 0.444. The molecule has 0 aliphatic carbocycles. The third-order valence-electron chi connectivity index (χ3n) is 5.46. The van der Waals surface area contributed by atoms with Gasteiger partial charge in [0.1, 0.15) is 5.82 Å². The second kappa shape index (κ2) is 6.33. The first-order valence-electron chi connectivity index (χ1n) is 9.14. The number of H-pyrrole nitrogens is 1. The van der Waals surface area contributed by atoms with E-state index < -0.39 is 5.41 Å². The number of fused-ring (bicyclic) bond motifs is 1. The van der Waals surface area contributed by atoms with Gasteiger partial charge in [-0.05, 0) is 24.6 Å². The molecule has 3 aromatic rings. The first-order chi connectivity index (χ1) is 13.3. The molecule has 27 heavy (non-hydrogen) atoms. The van der Waals surface area contributed by atoms with Crippen molar-refractivity contribution in [3.05, 3.63) is 30.1 Å². The summed E-state index contributed by atoms with van der Waals surface area (Å²) in [4.78, 5) is 7.12. The van der Waals surface area contributed by atoms with Crippen LogP contribution in [0.15, 0.2) is 24.5 Å². The number of nitrogens with zero attached hydrogens (tertiary/aromatic N) is 6. The molecule has 2 N–H and O–H groups in total. The molecular formula is C18H20N8O. The zero-order valence-corrected chi connectivity index (χ0v) is 14.9. The van der Waals surface area contributed by atoms with Gasteiger partial charge in [0.2, 0.25) is 0 Å². The van der Waals surface area contributed by atoms with Crippen molar-refractivity contribution in [1.82, 2.24) is 30.3 Å². The molecule has 2 saturated heterocycles. The molecule has 0 amide bonds. The maximum absolute atomic E-state index is 10.0. The third-order valence-corrected chi connectivity index (χ3v) is 5.46. The highest BCUT2D eigenvalue weighted by Gasteiger charge is 2.38. The molecule has 5 rings (SSSR count). The SMILES string of the molecule is N#CC1(c2cc(N3CCOCC3)nc3c2cnn3-c2ccn[nH]2)CCNC1. The van der Waals surface area contributed by atoms with Crippen molar-refractivity contribution in [2.45, 2.75) is 11.8 Å². The highest BCUT2D eigenvalue weighted by Crippen LogP contribution is 2.37. The van der Waals surface area contributed by atoms with Gasteiger partial charge in [-0.15, -0.1) is 0 Å². The maximum Gasteiger partial charge on any atom is 0.167 e. The van der Waals surface area contributed by atoms with Crippen molar-refractivity contribution in [3.63, 3.8) is 0 Å². The van der Waals surface area contributed by atoms with Gasteiger partial charge in [-0.25, -0.2) is 4.98 Å². The minimum absolute atomic E-state index is 0.565. The summed E-state index contributed by atoms with van der Waals surface area (Å²) in [6, 6.07) is 6.50. The van der Waals surface area contributed by atoms with Gasteiger partial charge in [-0.1, -0.05) is 0 Å². The summed E-state index contributed by atoms with van der Waals surface area (Å²) in [5, 5.41) is 25.8. The normalized spacial score (nSPS) is 23.0. The lowest BCUT2D eigenvalue weighted by molar-refractivity contribution is 0.122. The molecule has 1 unspecified atom stereocenters. The Morgan fingerprint density at radius 3 is 2.89 bits per heavy atom. The van der Waals surface area contributed by atoms with Gasteiger partial charge >= 0.3 is 0 Å². The first-order valence-corrected chi connectivity index (χ1v) is 9.14. The predicted octanol–water partition coefficient (Wildman–Crippen LogP) is 0.735. The number of anilines is 1. The Balaban J connectivity index is 1.74. The summed E-state index contributed by atoms with van der Waals surface area (Å²) in [5.74, 6) is 1.61.